The first-order chi connectivity index (χ1) is 18.0. The lowest BCUT2D eigenvalue weighted by atomic mass is 9.90. The summed E-state index contributed by atoms with van der Waals surface area (Å²) in [4.78, 5) is 27.9. The molecule has 6 nitrogen and oxygen atoms in total. The van der Waals surface area contributed by atoms with Crippen LogP contribution in [0.3, 0.4) is 0 Å². The normalized spacial score (nSPS) is 18.3. The smallest absolute Gasteiger partial charge is 0.326 e. The second-order valence-corrected chi connectivity index (χ2v) is 9.98. The predicted molar refractivity (Wildman–Crippen MR) is 140 cm³/mol. The molecule has 1 fully saturated rings. The fourth-order valence-electron chi connectivity index (χ4n) is 5.41. The van der Waals surface area contributed by atoms with Gasteiger partial charge in [-0.1, -0.05) is 85.6 Å². The Morgan fingerprint density at radius 1 is 0.973 bits per heavy atom. The van der Waals surface area contributed by atoms with Gasteiger partial charge >= 0.3 is 5.97 Å². The van der Waals surface area contributed by atoms with Crippen LogP contribution in [0, 0.1) is 6.92 Å². The summed E-state index contributed by atoms with van der Waals surface area (Å²) in [5.41, 5.74) is 4.51. The molecule has 2 atom stereocenters. The van der Waals surface area contributed by atoms with E-state index in [9.17, 15) is 14.7 Å². The number of carboxylic acid groups (broad SMARTS) is 1. The molecule has 192 valence electrons. The first kappa shape index (κ1) is 25.0. The van der Waals surface area contributed by atoms with Crippen LogP contribution in [0.2, 0.25) is 0 Å². The number of carbonyl (C=O) groups excluding carboxylic acids is 1. The van der Waals surface area contributed by atoms with E-state index in [4.69, 9.17) is 9.47 Å². The topological polar surface area (TPSA) is 76.1 Å². The molecule has 6 heteroatoms. The van der Waals surface area contributed by atoms with Crippen LogP contribution in [-0.4, -0.2) is 34.0 Å². The average Bonchev–Trinajstić information content (AvgIpc) is 3.44. The fourth-order valence-corrected chi connectivity index (χ4v) is 5.41. The molecule has 1 saturated carbocycles. The number of hydrogen-bond donors (Lipinski definition) is 1. The van der Waals surface area contributed by atoms with Gasteiger partial charge in [0.1, 0.15) is 18.4 Å². The van der Waals surface area contributed by atoms with Crippen LogP contribution in [0.15, 0.2) is 72.8 Å². The highest BCUT2D eigenvalue weighted by molar-refractivity contribution is 5.88. The van der Waals surface area contributed by atoms with E-state index in [1.165, 1.54) is 4.90 Å². The van der Waals surface area contributed by atoms with Crippen LogP contribution in [0.5, 0.6) is 5.75 Å². The van der Waals surface area contributed by atoms with Crippen molar-refractivity contribution in [3.8, 4) is 5.75 Å². The lowest BCUT2D eigenvalue weighted by molar-refractivity contribution is -0.160. The number of nitrogens with zero attached hydrogens (tertiary/aromatic N) is 1. The average molecular weight is 500 g/mol. The number of hydrogen-bond acceptors (Lipinski definition) is 4. The van der Waals surface area contributed by atoms with Gasteiger partial charge < -0.3 is 19.5 Å². The van der Waals surface area contributed by atoms with Crippen LogP contribution in [0.1, 0.15) is 59.6 Å². The molecular weight excluding hydrogens is 466 g/mol. The Morgan fingerprint density at radius 2 is 1.65 bits per heavy atom. The van der Waals surface area contributed by atoms with Gasteiger partial charge in [-0.2, -0.15) is 0 Å². The van der Waals surface area contributed by atoms with Gasteiger partial charge in [-0.3, -0.25) is 4.79 Å². The third-order valence-corrected chi connectivity index (χ3v) is 7.42. The number of aliphatic carboxylic acids is 1. The third-order valence-electron chi connectivity index (χ3n) is 7.42. The zero-order valence-corrected chi connectivity index (χ0v) is 21.1. The first-order valence-electron chi connectivity index (χ1n) is 13.0. The Kier molecular flexibility index (Phi) is 7.56. The van der Waals surface area contributed by atoms with Crippen molar-refractivity contribution in [3.63, 3.8) is 0 Å². The van der Waals surface area contributed by atoms with Crippen LogP contribution >= 0.6 is 0 Å². The summed E-state index contributed by atoms with van der Waals surface area (Å²) in [5, 5.41) is 10.2. The number of carbonyl (C=O) groups is 2. The Labute approximate surface area is 217 Å². The number of aryl methyl sites for hydroxylation is 1. The molecule has 1 heterocycles. The zero-order chi connectivity index (χ0) is 25.8. The lowest BCUT2D eigenvalue weighted by Crippen LogP contribution is -2.50. The van der Waals surface area contributed by atoms with Gasteiger partial charge in [-0.05, 0) is 42.0 Å². The lowest BCUT2D eigenvalue weighted by Gasteiger charge is -2.38. The maximum atomic E-state index is 14.0. The van der Waals surface area contributed by atoms with Gasteiger partial charge in [0.15, 0.2) is 6.10 Å². The largest absolute Gasteiger partial charge is 0.488 e. The SMILES string of the molecule is Cc1ccc2c(c1OCc1ccccc1)C[C@@H](C(=O)O)N(C(=O)C(OC1CCCC1)c1ccccc1)C2. The number of benzene rings is 3. The summed E-state index contributed by atoms with van der Waals surface area (Å²) in [6, 6.07) is 22.3. The number of amides is 1. The molecule has 37 heavy (non-hydrogen) atoms. The highest BCUT2D eigenvalue weighted by atomic mass is 16.5. The summed E-state index contributed by atoms with van der Waals surface area (Å²) in [7, 11) is 0. The minimum absolute atomic E-state index is 0.00940. The highest BCUT2D eigenvalue weighted by Crippen LogP contribution is 2.37. The quantitative estimate of drug-likeness (QED) is 0.436. The minimum Gasteiger partial charge on any atom is -0.488 e. The first-order valence-corrected chi connectivity index (χ1v) is 13.0. The maximum absolute atomic E-state index is 14.0. The Bertz CT molecular complexity index is 1240. The summed E-state index contributed by atoms with van der Waals surface area (Å²) in [5.74, 6) is -0.618. The van der Waals surface area contributed by atoms with E-state index in [-0.39, 0.29) is 25.0 Å². The molecule has 0 saturated heterocycles. The van der Waals surface area contributed by atoms with Crippen molar-refractivity contribution in [2.45, 2.75) is 70.4 Å². The van der Waals surface area contributed by atoms with Crippen LogP contribution < -0.4 is 4.74 Å². The maximum Gasteiger partial charge on any atom is 0.326 e. The second kappa shape index (κ2) is 11.2. The van der Waals surface area contributed by atoms with Crippen molar-refractivity contribution in [3.05, 3.63) is 101 Å². The highest BCUT2D eigenvalue weighted by Gasteiger charge is 2.40. The second-order valence-electron chi connectivity index (χ2n) is 9.98. The van der Waals surface area contributed by atoms with Crippen molar-refractivity contribution in [2.24, 2.45) is 0 Å². The van der Waals surface area contributed by atoms with E-state index in [2.05, 4.69) is 0 Å². The van der Waals surface area contributed by atoms with Crippen molar-refractivity contribution >= 4 is 11.9 Å². The molecule has 0 bridgehead atoms. The zero-order valence-electron chi connectivity index (χ0n) is 21.1. The van der Waals surface area contributed by atoms with E-state index in [1.807, 2.05) is 79.7 Å². The van der Waals surface area contributed by atoms with E-state index in [0.29, 0.717) is 12.4 Å². The van der Waals surface area contributed by atoms with Gasteiger partial charge in [0, 0.05) is 18.5 Å². The van der Waals surface area contributed by atoms with Crippen molar-refractivity contribution in [1.29, 1.82) is 0 Å². The van der Waals surface area contributed by atoms with Gasteiger partial charge in [0.25, 0.3) is 5.91 Å². The molecule has 1 aliphatic carbocycles. The van der Waals surface area contributed by atoms with E-state index < -0.39 is 18.1 Å². The predicted octanol–water partition coefficient (Wildman–Crippen LogP) is 5.61. The molecule has 3 aromatic carbocycles. The number of fused-ring (bicyclic) bond motifs is 1. The Morgan fingerprint density at radius 3 is 2.32 bits per heavy atom. The van der Waals surface area contributed by atoms with Crippen LogP contribution in [-0.2, 0) is 33.9 Å². The summed E-state index contributed by atoms with van der Waals surface area (Å²) in [6.07, 6.45) is 3.38. The summed E-state index contributed by atoms with van der Waals surface area (Å²) < 4.78 is 12.6. The van der Waals surface area contributed by atoms with Gasteiger partial charge in [-0.15, -0.1) is 0 Å². The Hall–Kier alpha value is -3.64. The molecule has 3 aromatic rings. The number of rotatable bonds is 8. The molecule has 0 aromatic heterocycles. The van der Waals surface area contributed by atoms with E-state index >= 15 is 0 Å². The van der Waals surface area contributed by atoms with Crippen molar-refractivity contribution < 1.29 is 24.2 Å². The molecule has 1 aliphatic heterocycles. The molecule has 1 amide bonds. The van der Waals surface area contributed by atoms with Gasteiger partial charge in [-0.25, -0.2) is 4.79 Å². The van der Waals surface area contributed by atoms with Crippen LogP contribution in [0.25, 0.3) is 0 Å². The molecular formula is C31H33NO5. The third kappa shape index (κ3) is 5.54. The number of carboxylic acids is 1. The van der Waals surface area contributed by atoms with E-state index in [0.717, 1.165) is 53.5 Å². The standard InChI is InChI=1S/C31H33NO5/c1-21-16-17-24-19-32(30(33)29(23-12-6-3-7-13-23)37-25-14-8-9-15-25)27(31(34)35)18-26(24)28(21)36-20-22-10-4-2-5-11-22/h2-7,10-13,16-17,25,27,29H,8-9,14-15,18-20H2,1H3,(H,34,35)/t27-,29?/m0/s1. The van der Waals surface area contributed by atoms with Gasteiger partial charge in [0.05, 0.1) is 6.10 Å². The van der Waals surface area contributed by atoms with Crippen molar-refractivity contribution in [2.75, 3.05) is 0 Å². The monoisotopic (exact) mass is 499 g/mol. The molecule has 1 N–H and O–H groups in total. The van der Waals surface area contributed by atoms with Crippen molar-refractivity contribution in [1.82, 2.24) is 4.90 Å². The van der Waals surface area contributed by atoms with Gasteiger partial charge in [0.2, 0.25) is 0 Å². The van der Waals surface area contributed by atoms with Crippen LogP contribution in [0.4, 0.5) is 0 Å². The molecule has 5 rings (SSSR count). The fraction of sp³-hybridized carbons (Fsp3) is 0.355. The minimum atomic E-state index is -1.03. The summed E-state index contributed by atoms with van der Waals surface area (Å²) in [6.45, 7) is 2.56. The molecule has 2 aliphatic rings. The summed E-state index contributed by atoms with van der Waals surface area (Å²) >= 11 is 0. The molecule has 0 spiro atoms. The number of ether oxygens (including phenoxy) is 2. The Balaban J connectivity index is 1.44. The molecule has 1 unspecified atom stereocenters. The van der Waals surface area contributed by atoms with E-state index in [1.54, 1.807) is 0 Å². The molecule has 0 radical (unpaired) electrons.